The van der Waals surface area contributed by atoms with E-state index in [-0.39, 0.29) is 12.0 Å². The summed E-state index contributed by atoms with van der Waals surface area (Å²) in [6.07, 6.45) is 3.97. The number of nitrogens with zero attached hydrogens (tertiary/aromatic N) is 1. The maximum atomic E-state index is 13.1. The molecule has 3 nitrogen and oxygen atoms in total. The highest BCUT2D eigenvalue weighted by Crippen LogP contribution is 2.44. The number of ether oxygens (including phenoxy) is 1. The van der Waals surface area contributed by atoms with E-state index in [0.29, 0.717) is 22.2 Å². The van der Waals surface area contributed by atoms with Crippen LogP contribution < -0.4 is 0 Å². The molecule has 0 fully saturated rings. The van der Waals surface area contributed by atoms with Gasteiger partial charge in [0.05, 0.1) is 24.3 Å². The Morgan fingerprint density at radius 2 is 1.58 bits per heavy atom. The topological polar surface area (TPSA) is 29.5 Å². The summed E-state index contributed by atoms with van der Waals surface area (Å²) in [5.74, 6) is -0.356. The van der Waals surface area contributed by atoms with E-state index in [1.54, 1.807) is 12.1 Å². The van der Waals surface area contributed by atoms with Crippen LogP contribution >= 0.6 is 23.2 Å². The van der Waals surface area contributed by atoms with Crippen molar-refractivity contribution in [3.05, 3.63) is 129 Å². The molecule has 168 valence electrons. The molecule has 0 aliphatic carbocycles. The second-order valence-electron chi connectivity index (χ2n) is 7.93. The quantitative estimate of drug-likeness (QED) is 0.343. The third kappa shape index (κ3) is 5.00. The van der Waals surface area contributed by atoms with E-state index in [1.165, 1.54) is 0 Å². The molecule has 3 aromatic rings. The number of hydrogen-bond donors (Lipinski definition) is 0. The third-order valence-corrected chi connectivity index (χ3v) is 6.19. The molecule has 0 saturated heterocycles. The largest absolute Gasteiger partial charge is 0.463 e. The molecule has 0 spiro atoms. The zero-order valence-electron chi connectivity index (χ0n) is 18.5. The first-order chi connectivity index (χ1) is 16.0. The number of esters is 1. The van der Waals surface area contributed by atoms with Gasteiger partial charge in [0, 0.05) is 16.2 Å². The fraction of sp³-hybridized carbons (Fsp3) is 0.179. The fourth-order valence-electron chi connectivity index (χ4n) is 4.30. The van der Waals surface area contributed by atoms with Gasteiger partial charge in [0.1, 0.15) is 0 Å². The maximum absolute atomic E-state index is 13.1. The highest BCUT2D eigenvalue weighted by atomic mass is 35.5. The molecule has 1 atom stereocenters. The van der Waals surface area contributed by atoms with Crippen molar-refractivity contribution in [1.82, 2.24) is 4.90 Å². The third-order valence-electron chi connectivity index (χ3n) is 5.63. The molecular weight excluding hydrogens is 453 g/mol. The first kappa shape index (κ1) is 23.2. The number of allylic oxidation sites excluding steroid dienone is 2. The molecule has 1 aliphatic rings. The molecule has 1 heterocycles. The fourth-order valence-corrected chi connectivity index (χ4v) is 4.81. The van der Waals surface area contributed by atoms with Crippen LogP contribution in [0, 0.1) is 0 Å². The van der Waals surface area contributed by atoms with E-state index in [2.05, 4.69) is 35.4 Å². The number of benzene rings is 3. The lowest BCUT2D eigenvalue weighted by Gasteiger charge is -2.41. The van der Waals surface area contributed by atoms with E-state index in [4.69, 9.17) is 27.9 Å². The maximum Gasteiger partial charge on any atom is 0.336 e. The second-order valence-corrected chi connectivity index (χ2v) is 8.78. The van der Waals surface area contributed by atoms with Gasteiger partial charge in [-0.3, -0.25) is 0 Å². The van der Waals surface area contributed by atoms with E-state index in [0.717, 1.165) is 22.3 Å². The summed E-state index contributed by atoms with van der Waals surface area (Å²) in [7, 11) is 0. The van der Waals surface area contributed by atoms with Crippen LogP contribution in [0.15, 0.2) is 102 Å². The summed E-state index contributed by atoms with van der Waals surface area (Å²) in [5, 5.41) is 1.04. The van der Waals surface area contributed by atoms with Gasteiger partial charge in [-0.15, -0.1) is 0 Å². The van der Waals surface area contributed by atoms with Crippen molar-refractivity contribution < 1.29 is 9.53 Å². The van der Waals surface area contributed by atoms with Gasteiger partial charge in [-0.2, -0.15) is 0 Å². The normalized spacial score (nSPS) is 15.8. The lowest BCUT2D eigenvalue weighted by Crippen LogP contribution is -2.35. The van der Waals surface area contributed by atoms with Crippen molar-refractivity contribution in [2.45, 2.75) is 25.9 Å². The minimum Gasteiger partial charge on any atom is -0.463 e. The smallest absolute Gasteiger partial charge is 0.336 e. The molecule has 0 saturated carbocycles. The average Bonchev–Trinajstić information content (AvgIpc) is 2.81. The van der Waals surface area contributed by atoms with Crippen LogP contribution in [0.3, 0.4) is 0 Å². The zero-order valence-corrected chi connectivity index (χ0v) is 20.1. The van der Waals surface area contributed by atoms with Crippen LogP contribution in [0.5, 0.6) is 0 Å². The standard InChI is InChI=1S/C28H25Cl2NO2/c1-3-33-28(32)24-16-19(2)18-31(27(24)23-15-14-22(29)17-25(23)30)26(20-10-6-4-7-11-20)21-12-8-5-9-13-21/h4-18,26-27H,3H2,1-2H3. The molecule has 0 amide bonds. The van der Waals surface area contributed by atoms with Crippen molar-refractivity contribution in [2.24, 2.45) is 0 Å². The van der Waals surface area contributed by atoms with Gasteiger partial charge in [0.15, 0.2) is 0 Å². The summed E-state index contributed by atoms with van der Waals surface area (Å²) in [6, 6.07) is 25.3. The van der Waals surface area contributed by atoms with Gasteiger partial charge >= 0.3 is 5.97 Å². The van der Waals surface area contributed by atoms with Crippen LogP contribution in [-0.2, 0) is 9.53 Å². The van der Waals surface area contributed by atoms with Gasteiger partial charge in [-0.1, -0.05) is 89.9 Å². The van der Waals surface area contributed by atoms with Crippen LogP contribution in [0.25, 0.3) is 0 Å². The number of carbonyl (C=O) groups excluding carboxylic acids is 1. The molecule has 1 aliphatic heterocycles. The summed E-state index contributed by atoms with van der Waals surface area (Å²) in [5.41, 5.74) is 4.50. The summed E-state index contributed by atoms with van der Waals surface area (Å²) in [4.78, 5) is 15.3. The molecule has 0 radical (unpaired) electrons. The Balaban J connectivity index is 1.94. The van der Waals surface area contributed by atoms with Crippen molar-refractivity contribution in [1.29, 1.82) is 0 Å². The number of carbonyl (C=O) groups is 1. The Bertz CT molecular complexity index is 1150. The van der Waals surface area contributed by atoms with E-state index >= 15 is 0 Å². The molecule has 33 heavy (non-hydrogen) atoms. The van der Waals surface area contributed by atoms with Gasteiger partial charge in [0.25, 0.3) is 0 Å². The van der Waals surface area contributed by atoms with Crippen molar-refractivity contribution in [2.75, 3.05) is 6.61 Å². The van der Waals surface area contributed by atoms with Crippen LogP contribution in [0.1, 0.15) is 42.6 Å². The first-order valence-corrected chi connectivity index (χ1v) is 11.6. The predicted molar refractivity (Wildman–Crippen MR) is 134 cm³/mol. The van der Waals surface area contributed by atoms with Crippen molar-refractivity contribution >= 4 is 29.2 Å². The summed E-state index contributed by atoms with van der Waals surface area (Å²) < 4.78 is 5.45. The molecule has 0 aromatic heterocycles. The van der Waals surface area contributed by atoms with Crippen molar-refractivity contribution in [3.8, 4) is 0 Å². The first-order valence-electron chi connectivity index (χ1n) is 10.9. The van der Waals surface area contributed by atoms with Crippen LogP contribution in [-0.4, -0.2) is 17.5 Å². The lowest BCUT2D eigenvalue weighted by molar-refractivity contribution is -0.139. The predicted octanol–water partition coefficient (Wildman–Crippen LogP) is 7.53. The van der Waals surface area contributed by atoms with Crippen LogP contribution in [0.4, 0.5) is 0 Å². The highest BCUT2D eigenvalue weighted by Gasteiger charge is 2.37. The minimum atomic E-state index is -0.456. The Morgan fingerprint density at radius 3 is 2.12 bits per heavy atom. The molecule has 0 bridgehead atoms. The number of halogens is 2. The zero-order chi connectivity index (χ0) is 23.4. The molecule has 3 aromatic carbocycles. The van der Waals surface area contributed by atoms with E-state index in [9.17, 15) is 4.79 Å². The molecule has 5 heteroatoms. The second kappa shape index (κ2) is 10.3. The summed E-state index contributed by atoms with van der Waals surface area (Å²) in [6.45, 7) is 4.09. The van der Waals surface area contributed by atoms with Crippen molar-refractivity contribution in [3.63, 3.8) is 0 Å². The van der Waals surface area contributed by atoms with E-state index in [1.807, 2.05) is 62.4 Å². The van der Waals surface area contributed by atoms with Gasteiger partial charge in [-0.25, -0.2) is 4.79 Å². The lowest BCUT2D eigenvalue weighted by atomic mass is 9.88. The van der Waals surface area contributed by atoms with Crippen LogP contribution in [0.2, 0.25) is 10.0 Å². The highest BCUT2D eigenvalue weighted by molar-refractivity contribution is 6.35. The Labute approximate surface area is 204 Å². The van der Waals surface area contributed by atoms with E-state index < -0.39 is 6.04 Å². The Hall–Kier alpha value is -3.01. The Kier molecular flexibility index (Phi) is 7.22. The molecule has 0 N–H and O–H groups in total. The Morgan fingerprint density at radius 1 is 0.970 bits per heavy atom. The molecular formula is C28H25Cl2NO2. The molecule has 1 unspecified atom stereocenters. The molecule has 4 rings (SSSR count). The van der Waals surface area contributed by atoms with Gasteiger partial charge in [-0.05, 0) is 54.3 Å². The average molecular weight is 478 g/mol. The SMILES string of the molecule is CCOC(=O)C1=CC(C)=CN(C(c2ccccc2)c2ccccc2)C1c1ccc(Cl)cc1Cl. The number of hydrogen-bond acceptors (Lipinski definition) is 3. The minimum absolute atomic E-state index is 0.155. The summed E-state index contributed by atoms with van der Waals surface area (Å²) >= 11 is 12.9. The monoisotopic (exact) mass is 477 g/mol. The van der Waals surface area contributed by atoms with Gasteiger partial charge in [0.2, 0.25) is 0 Å². The number of rotatable bonds is 6. The van der Waals surface area contributed by atoms with Gasteiger partial charge < -0.3 is 9.64 Å².